The topological polar surface area (TPSA) is 63.9 Å². The second-order valence-electron chi connectivity index (χ2n) is 6.98. The summed E-state index contributed by atoms with van der Waals surface area (Å²) >= 11 is 0. The van der Waals surface area contributed by atoms with Gasteiger partial charge in [0.2, 0.25) is 0 Å². The highest BCUT2D eigenvalue weighted by molar-refractivity contribution is 5.94. The maximum atomic E-state index is 14.1. The van der Waals surface area contributed by atoms with Crippen molar-refractivity contribution < 1.29 is 13.6 Å². The molecule has 25 heavy (non-hydrogen) atoms. The normalized spacial score (nSPS) is 22.4. The summed E-state index contributed by atoms with van der Waals surface area (Å²) in [7, 11) is 0. The molecule has 0 spiro atoms. The average molecular weight is 347 g/mol. The van der Waals surface area contributed by atoms with Crippen molar-refractivity contribution in [3.8, 4) is 0 Å². The van der Waals surface area contributed by atoms with Crippen LogP contribution in [0.15, 0.2) is 24.7 Å². The zero-order valence-electron chi connectivity index (χ0n) is 13.9. The molecule has 1 saturated heterocycles. The summed E-state index contributed by atoms with van der Waals surface area (Å²) in [6, 6.07) is 2.55. The number of likely N-dealkylation sites (tertiary alicyclic amines) is 1. The molecule has 1 aliphatic carbocycles. The Balaban J connectivity index is 1.64. The smallest absolute Gasteiger partial charge is 0.267 e. The Morgan fingerprint density at radius 3 is 2.84 bits per heavy atom. The predicted octanol–water partition coefficient (Wildman–Crippen LogP) is 2.61. The number of aryl methyl sites for hydroxylation is 1. The molecule has 1 amide bonds. The number of hydrogen-bond acceptors (Lipinski definition) is 4. The van der Waals surface area contributed by atoms with Crippen LogP contribution >= 0.6 is 0 Å². The summed E-state index contributed by atoms with van der Waals surface area (Å²) in [6.45, 7) is 1.92. The van der Waals surface area contributed by atoms with Crippen LogP contribution in [0.2, 0.25) is 0 Å². The summed E-state index contributed by atoms with van der Waals surface area (Å²) in [6.07, 6.45) is 4.84. The van der Waals surface area contributed by atoms with E-state index in [-0.39, 0.29) is 0 Å². The van der Waals surface area contributed by atoms with Gasteiger partial charge in [-0.15, -0.1) is 10.2 Å². The van der Waals surface area contributed by atoms with Gasteiger partial charge in [0, 0.05) is 24.9 Å². The molecule has 0 radical (unpaired) electrons. The lowest BCUT2D eigenvalue weighted by Crippen LogP contribution is -2.34. The Labute approximate surface area is 143 Å². The summed E-state index contributed by atoms with van der Waals surface area (Å²) in [5.41, 5.74) is 1.07. The van der Waals surface area contributed by atoms with Gasteiger partial charge in [0.25, 0.3) is 11.8 Å². The number of carbonyl (C=O) groups excluding carboxylic acids is 1. The predicted molar refractivity (Wildman–Crippen MR) is 85.1 cm³/mol. The first-order valence-corrected chi connectivity index (χ1v) is 8.42. The van der Waals surface area contributed by atoms with Crippen molar-refractivity contribution in [2.45, 2.75) is 44.7 Å². The van der Waals surface area contributed by atoms with E-state index >= 15 is 0 Å². The fourth-order valence-corrected chi connectivity index (χ4v) is 3.26. The Morgan fingerprint density at radius 1 is 1.36 bits per heavy atom. The Kier molecular flexibility index (Phi) is 3.77. The van der Waals surface area contributed by atoms with Gasteiger partial charge in [-0.05, 0) is 37.8 Å². The summed E-state index contributed by atoms with van der Waals surface area (Å²) in [5, 5.41) is 7.95. The molecule has 0 N–H and O–H groups in total. The largest absolute Gasteiger partial charge is 0.322 e. The van der Waals surface area contributed by atoms with Gasteiger partial charge in [0.15, 0.2) is 5.82 Å². The summed E-state index contributed by atoms with van der Waals surface area (Å²) in [4.78, 5) is 18.1. The third-order valence-electron chi connectivity index (χ3n) is 4.78. The molecule has 1 saturated carbocycles. The standard InChI is InChI=1S/C17H19F2N5O/c1-11-2-5-13(7-20-11)16(25)24-9-17(18,19)6-14(24)15-22-21-10-23(15)8-12-3-4-12/h2,5,7,10,12,14H,3-4,6,8-9H2,1H3/t14-/m0/s1. The number of hydrogen-bond donors (Lipinski definition) is 0. The van der Waals surface area contributed by atoms with E-state index in [1.165, 1.54) is 11.1 Å². The lowest BCUT2D eigenvalue weighted by molar-refractivity contribution is 0.0117. The van der Waals surface area contributed by atoms with Crippen molar-refractivity contribution in [3.05, 3.63) is 41.7 Å². The van der Waals surface area contributed by atoms with Gasteiger partial charge in [-0.25, -0.2) is 8.78 Å². The number of nitrogens with zero attached hydrogens (tertiary/aromatic N) is 5. The minimum atomic E-state index is -2.94. The second kappa shape index (κ2) is 5.86. The molecular formula is C17H19F2N5O. The van der Waals surface area contributed by atoms with Crippen molar-refractivity contribution in [3.63, 3.8) is 0 Å². The Hall–Kier alpha value is -2.38. The Bertz CT molecular complexity index is 785. The number of alkyl halides is 2. The highest BCUT2D eigenvalue weighted by Crippen LogP contribution is 2.41. The third-order valence-corrected chi connectivity index (χ3v) is 4.78. The quantitative estimate of drug-likeness (QED) is 0.853. The maximum absolute atomic E-state index is 14.1. The SMILES string of the molecule is Cc1ccc(C(=O)N2CC(F)(F)C[C@H]2c2nncn2CC2CC2)cn1. The minimum Gasteiger partial charge on any atom is -0.322 e. The van der Waals surface area contributed by atoms with Crippen LogP contribution in [-0.4, -0.2) is 43.0 Å². The van der Waals surface area contributed by atoms with Crippen LogP contribution in [0.3, 0.4) is 0 Å². The van der Waals surface area contributed by atoms with Gasteiger partial charge < -0.3 is 9.47 Å². The fraction of sp³-hybridized carbons (Fsp3) is 0.529. The molecule has 4 rings (SSSR count). The van der Waals surface area contributed by atoms with E-state index in [2.05, 4.69) is 15.2 Å². The molecule has 2 aromatic rings. The van der Waals surface area contributed by atoms with Gasteiger partial charge in [-0.3, -0.25) is 9.78 Å². The summed E-state index contributed by atoms with van der Waals surface area (Å²) < 4.78 is 30.0. The van der Waals surface area contributed by atoms with Crippen molar-refractivity contribution >= 4 is 5.91 Å². The highest BCUT2D eigenvalue weighted by atomic mass is 19.3. The van der Waals surface area contributed by atoms with Crippen LogP contribution in [-0.2, 0) is 6.54 Å². The first kappa shape index (κ1) is 16.1. The van der Waals surface area contributed by atoms with Crippen LogP contribution in [0.4, 0.5) is 8.78 Å². The van der Waals surface area contributed by atoms with E-state index in [1.54, 1.807) is 25.4 Å². The highest BCUT2D eigenvalue weighted by Gasteiger charge is 2.49. The maximum Gasteiger partial charge on any atom is 0.267 e. The number of rotatable bonds is 4. The van der Waals surface area contributed by atoms with Gasteiger partial charge in [0.1, 0.15) is 6.33 Å². The molecule has 132 valence electrons. The molecule has 1 atom stereocenters. The fourth-order valence-electron chi connectivity index (χ4n) is 3.26. The van der Waals surface area contributed by atoms with E-state index in [4.69, 9.17) is 0 Å². The third kappa shape index (κ3) is 3.25. The lowest BCUT2D eigenvalue weighted by Gasteiger charge is -2.23. The number of aromatic nitrogens is 4. The first-order valence-electron chi connectivity index (χ1n) is 8.42. The molecule has 0 bridgehead atoms. The van der Waals surface area contributed by atoms with Crippen LogP contribution in [0.5, 0.6) is 0 Å². The van der Waals surface area contributed by atoms with E-state index in [0.717, 1.165) is 25.1 Å². The molecule has 3 heterocycles. The average Bonchev–Trinajstić information content (AvgIpc) is 3.16. The second-order valence-corrected chi connectivity index (χ2v) is 6.98. The van der Waals surface area contributed by atoms with Crippen LogP contribution in [0, 0.1) is 12.8 Å². The zero-order valence-corrected chi connectivity index (χ0v) is 13.9. The minimum absolute atomic E-state index is 0.307. The summed E-state index contributed by atoms with van der Waals surface area (Å²) in [5.74, 6) is -2.38. The first-order chi connectivity index (χ1) is 11.9. The number of carbonyl (C=O) groups is 1. The van der Waals surface area contributed by atoms with Crippen molar-refractivity contribution in [2.75, 3.05) is 6.54 Å². The van der Waals surface area contributed by atoms with Crippen LogP contribution in [0.1, 0.15) is 47.2 Å². The molecule has 8 heteroatoms. The molecular weight excluding hydrogens is 328 g/mol. The van der Waals surface area contributed by atoms with Crippen molar-refractivity contribution in [1.29, 1.82) is 0 Å². The van der Waals surface area contributed by atoms with Crippen LogP contribution in [0.25, 0.3) is 0 Å². The number of pyridine rings is 1. The van der Waals surface area contributed by atoms with E-state index in [9.17, 15) is 13.6 Å². The number of amides is 1. The van der Waals surface area contributed by atoms with Crippen molar-refractivity contribution in [1.82, 2.24) is 24.6 Å². The van der Waals surface area contributed by atoms with E-state index in [0.29, 0.717) is 17.3 Å². The van der Waals surface area contributed by atoms with Gasteiger partial charge >= 0.3 is 0 Å². The van der Waals surface area contributed by atoms with Gasteiger partial charge in [-0.1, -0.05) is 0 Å². The lowest BCUT2D eigenvalue weighted by atomic mass is 10.1. The Morgan fingerprint density at radius 2 is 2.16 bits per heavy atom. The zero-order chi connectivity index (χ0) is 17.6. The van der Waals surface area contributed by atoms with E-state index < -0.39 is 30.8 Å². The molecule has 2 aromatic heterocycles. The number of halogens is 2. The molecule has 2 fully saturated rings. The molecule has 2 aliphatic rings. The van der Waals surface area contributed by atoms with Gasteiger partial charge in [0.05, 0.1) is 18.2 Å². The van der Waals surface area contributed by atoms with Gasteiger partial charge in [-0.2, -0.15) is 0 Å². The molecule has 0 unspecified atom stereocenters. The van der Waals surface area contributed by atoms with E-state index in [1.807, 2.05) is 4.57 Å². The monoisotopic (exact) mass is 347 g/mol. The van der Waals surface area contributed by atoms with Crippen molar-refractivity contribution in [2.24, 2.45) is 5.92 Å². The molecule has 0 aromatic carbocycles. The molecule has 6 nitrogen and oxygen atoms in total. The van der Waals surface area contributed by atoms with Crippen LogP contribution < -0.4 is 0 Å². The molecule has 1 aliphatic heterocycles.